The Bertz CT molecular complexity index is 673. The van der Waals surface area contributed by atoms with Crippen molar-refractivity contribution >= 4 is 17.2 Å². The monoisotopic (exact) mass is 244 g/mol. The molecule has 0 saturated heterocycles. The van der Waals surface area contributed by atoms with Gasteiger partial charge in [0.1, 0.15) is 6.33 Å². The summed E-state index contributed by atoms with van der Waals surface area (Å²) in [7, 11) is 0. The second kappa shape index (κ2) is 3.82. The Labute approximate surface area is 103 Å². The molecule has 0 bridgehead atoms. The molecule has 84 valence electrons. The lowest BCUT2D eigenvalue weighted by Crippen LogP contribution is -1.93. The molecule has 0 amide bonds. The van der Waals surface area contributed by atoms with Crippen LogP contribution in [0.4, 0.5) is 0 Å². The van der Waals surface area contributed by atoms with Crippen LogP contribution in [0.1, 0.15) is 5.56 Å². The van der Waals surface area contributed by atoms with E-state index in [4.69, 9.17) is 11.6 Å². The van der Waals surface area contributed by atoms with Gasteiger partial charge in [-0.25, -0.2) is 0 Å². The van der Waals surface area contributed by atoms with Crippen LogP contribution >= 0.6 is 11.6 Å². The number of halogens is 1. The zero-order chi connectivity index (χ0) is 11.8. The van der Waals surface area contributed by atoms with Crippen LogP contribution in [0.15, 0.2) is 36.7 Å². The number of aromatic nitrogens is 4. The highest BCUT2D eigenvalue weighted by molar-refractivity contribution is 6.32. The van der Waals surface area contributed by atoms with Crippen LogP contribution in [-0.4, -0.2) is 19.8 Å². The molecular weight excluding hydrogens is 236 g/mol. The van der Waals surface area contributed by atoms with E-state index < -0.39 is 0 Å². The molecule has 0 unspecified atom stereocenters. The molecular formula is C12H9ClN4. The third kappa shape index (κ3) is 1.76. The Balaban J connectivity index is 2.21. The van der Waals surface area contributed by atoms with Gasteiger partial charge in [0.05, 0.1) is 0 Å². The third-order valence-corrected chi connectivity index (χ3v) is 2.89. The van der Waals surface area contributed by atoms with E-state index in [0.717, 1.165) is 11.1 Å². The second-order valence-corrected chi connectivity index (χ2v) is 4.21. The van der Waals surface area contributed by atoms with Crippen molar-refractivity contribution in [1.82, 2.24) is 19.8 Å². The zero-order valence-electron chi connectivity index (χ0n) is 9.13. The molecule has 17 heavy (non-hydrogen) atoms. The smallest absolute Gasteiger partial charge is 0.178 e. The Hall–Kier alpha value is -1.94. The van der Waals surface area contributed by atoms with Crippen molar-refractivity contribution in [3.05, 3.63) is 47.4 Å². The van der Waals surface area contributed by atoms with Crippen LogP contribution < -0.4 is 0 Å². The van der Waals surface area contributed by atoms with Crippen molar-refractivity contribution in [2.45, 2.75) is 6.92 Å². The molecule has 0 spiro atoms. The molecule has 3 rings (SSSR count). The first-order valence-electron chi connectivity index (χ1n) is 5.17. The molecule has 0 radical (unpaired) electrons. The summed E-state index contributed by atoms with van der Waals surface area (Å²) >= 11 is 6.15. The maximum atomic E-state index is 6.15. The standard InChI is InChI=1S/C12H9ClN4/c1-8-2-4-9(5-3-8)10-6-11-15-14-7-17(11)16-12(10)13/h2-7H,1H3. The van der Waals surface area contributed by atoms with Crippen LogP contribution in [0.2, 0.25) is 5.15 Å². The number of fused-ring (bicyclic) bond motifs is 1. The maximum Gasteiger partial charge on any atom is 0.178 e. The number of rotatable bonds is 1. The fourth-order valence-electron chi connectivity index (χ4n) is 1.68. The number of aryl methyl sites for hydroxylation is 1. The SMILES string of the molecule is Cc1ccc(-c2cc3nncn3nc2Cl)cc1. The lowest BCUT2D eigenvalue weighted by atomic mass is 10.1. The fourth-order valence-corrected chi connectivity index (χ4v) is 1.93. The van der Waals surface area contributed by atoms with Gasteiger partial charge >= 0.3 is 0 Å². The molecule has 1 aromatic carbocycles. The quantitative estimate of drug-likeness (QED) is 0.661. The molecule has 4 nitrogen and oxygen atoms in total. The molecule has 5 heteroatoms. The average molecular weight is 245 g/mol. The Morgan fingerprint density at radius 1 is 1.18 bits per heavy atom. The van der Waals surface area contributed by atoms with E-state index in [9.17, 15) is 0 Å². The highest BCUT2D eigenvalue weighted by Crippen LogP contribution is 2.26. The molecule has 3 aromatic rings. The Morgan fingerprint density at radius 3 is 2.71 bits per heavy atom. The normalized spacial score (nSPS) is 10.9. The van der Waals surface area contributed by atoms with E-state index in [-0.39, 0.29) is 0 Å². The van der Waals surface area contributed by atoms with Gasteiger partial charge in [-0.1, -0.05) is 41.4 Å². The van der Waals surface area contributed by atoms with Crippen molar-refractivity contribution < 1.29 is 0 Å². The molecule has 0 fully saturated rings. The van der Waals surface area contributed by atoms with Crippen LogP contribution in [0, 0.1) is 6.92 Å². The van der Waals surface area contributed by atoms with E-state index in [1.54, 1.807) is 4.52 Å². The number of benzene rings is 1. The van der Waals surface area contributed by atoms with E-state index in [1.807, 2.05) is 37.3 Å². The molecule has 0 atom stereocenters. The molecule has 0 aliphatic heterocycles. The van der Waals surface area contributed by atoms with Gasteiger partial charge in [-0.2, -0.15) is 9.61 Å². The maximum absolute atomic E-state index is 6.15. The van der Waals surface area contributed by atoms with Gasteiger partial charge in [0.15, 0.2) is 10.8 Å². The van der Waals surface area contributed by atoms with Gasteiger partial charge in [0.25, 0.3) is 0 Å². The summed E-state index contributed by atoms with van der Waals surface area (Å²) in [5, 5.41) is 12.4. The van der Waals surface area contributed by atoms with Crippen molar-refractivity contribution in [3.8, 4) is 11.1 Å². The van der Waals surface area contributed by atoms with Crippen LogP contribution in [0.25, 0.3) is 16.8 Å². The van der Waals surface area contributed by atoms with Crippen LogP contribution in [0.3, 0.4) is 0 Å². The highest BCUT2D eigenvalue weighted by Gasteiger charge is 2.08. The minimum atomic E-state index is 0.446. The fraction of sp³-hybridized carbons (Fsp3) is 0.0833. The molecule has 0 aliphatic carbocycles. The Morgan fingerprint density at radius 2 is 1.94 bits per heavy atom. The van der Waals surface area contributed by atoms with Crippen molar-refractivity contribution in [2.24, 2.45) is 0 Å². The first-order valence-corrected chi connectivity index (χ1v) is 5.55. The van der Waals surface area contributed by atoms with Crippen molar-refractivity contribution in [2.75, 3.05) is 0 Å². The van der Waals surface area contributed by atoms with Gasteiger partial charge in [-0.15, -0.1) is 10.2 Å². The molecule has 2 aromatic heterocycles. The van der Waals surface area contributed by atoms with E-state index in [1.165, 1.54) is 11.9 Å². The summed E-state index contributed by atoms with van der Waals surface area (Å²) in [6, 6.07) is 10.0. The largest absolute Gasteiger partial charge is 0.199 e. The van der Waals surface area contributed by atoms with E-state index >= 15 is 0 Å². The average Bonchev–Trinajstić information content (AvgIpc) is 2.76. The lowest BCUT2D eigenvalue weighted by Gasteiger charge is -2.04. The zero-order valence-corrected chi connectivity index (χ0v) is 9.89. The van der Waals surface area contributed by atoms with Crippen LogP contribution in [-0.2, 0) is 0 Å². The van der Waals surface area contributed by atoms with Gasteiger partial charge < -0.3 is 0 Å². The molecule has 2 heterocycles. The number of nitrogens with zero attached hydrogens (tertiary/aromatic N) is 4. The highest BCUT2D eigenvalue weighted by atomic mass is 35.5. The predicted molar refractivity (Wildman–Crippen MR) is 66.0 cm³/mol. The first kappa shape index (κ1) is 10.2. The number of hydrogen-bond acceptors (Lipinski definition) is 3. The topological polar surface area (TPSA) is 43.1 Å². The molecule has 0 N–H and O–H groups in total. The molecule has 0 aliphatic rings. The van der Waals surface area contributed by atoms with Gasteiger partial charge in [-0.05, 0) is 18.6 Å². The summed E-state index contributed by atoms with van der Waals surface area (Å²) in [5.41, 5.74) is 3.79. The molecule has 0 saturated carbocycles. The van der Waals surface area contributed by atoms with E-state index in [2.05, 4.69) is 15.3 Å². The Kier molecular flexibility index (Phi) is 2.30. The predicted octanol–water partition coefficient (Wildman–Crippen LogP) is 2.75. The minimum Gasteiger partial charge on any atom is -0.199 e. The third-order valence-electron chi connectivity index (χ3n) is 2.61. The summed E-state index contributed by atoms with van der Waals surface area (Å²) in [6.07, 6.45) is 1.53. The van der Waals surface area contributed by atoms with Gasteiger partial charge in [-0.3, -0.25) is 0 Å². The van der Waals surface area contributed by atoms with Gasteiger partial charge in [0, 0.05) is 5.56 Å². The van der Waals surface area contributed by atoms with E-state index in [0.29, 0.717) is 10.8 Å². The van der Waals surface area contributed by atoms with Crippen molar-refractivity contribution in [3.63, 3.8) is 0 Å². The number of hydrogen-bond donors (Lipinski definition) is 0. The first-order chi connectivity index (χ1) is 8.24. The van der Waals surface area contributed by atoms with Crippen LogP contribution in [0.5, 0.6) is 0 Å². The summed E-state index contributed by atoms with van der Waals surface area (Å²) in [6.45, 7) is 2.05. The summed E-state index contributed by atoms with van der Waals surface area (Å²) in [4.78, 5) is 0. The summed E-state index contributed by atoms with van der Waals surface area (Å²) < 4.78 is 1.56. The second-order valence-electron chi connectivity index (χ2n) is 3.85. The summed E-state index contributed by atoms with van der Waals surface area (Å²) in [5.74, 6) is 0. The van der Waals surface area contributed by atoms with Gasteiger partial charge in [0.2, 0.25) is 0 Å². The minimum absolute atomic E-state index is 0.446. The van der Waals surface area contributed by atoms with Crippen molar-refractivity contribution in [1.29, 1.82) is 0 Å². The lowest BCUT2D eigenvalue weighted by molar-refractivity contribution is 0.928.